The molecule has 0 fully saturated rings. The summed E-state index contributed by atoms with van der Waals surface area (Å²) < 4.78 is 0. The van der Waals surface area contributed by atoms with Crippen LogP contribution in [0, 0.1) is 6.92 Å². The van der Waals surface area contributed by atoms with Crippen LogP contribution in [0.25, 0.3) is 0 Å². The Kier molecular flexibility index (Phi) is 6.02. The zero-order valence-electron chi connectivity index (χ0n) is 12.6. The molecule has 0 spiro atoms. The van der Waals surface area contributed by atoms with Gasteiger partial charge in [0.15, 0.2) is 0 Å². The maximum absolute atomic E-state index is 8.98. The molecule has 0 aliphatic carbocycles. The Hall–Kier alpha value is -1.36. The predicted octanol–water partition coefficient (Wildman–Crippen LogP) is 2.52. The molecule has 1 heterocycles. The summed E-state index contributed by atoms with van der Waals surface area (Å²) >= 11 is 0. The van der Waals surface area contributed by atoms with Crippen LogP contribution in [0.3, 0.4) is 0 Å². The smallest absolute Gasteiger partial charge is 0.135 e. The molecule has 0 aliphatic heterocycles. The van der Waals surface area contributed by atoms with Gasteiger partial charge in [-0.3, -0.25) is 0 Å². The topological polar surface area (TPSA) is 70.1 Å². The maximum atomic E-state index is 8.98. The SMILES string of the molecule is CCNc1nc(C(C)C)nc(NC(C)CCO)c1C. The average Bonchev–Trinajstić information content (AvgIpc) is 2.34. The zero-order valence-corrected chi connectivity index (χ0v) is 12.6. The van der Waals surface area contributed by atoms with E-state index in [1.807, 2.05) is 13.8 Å². The number of nitrogens with one attached hydrogen (secondary N) is 2. The molecule has 0 saturated heterocycles. The van der Waals surface area contributed by atoms with Crippen molar-refractivity contribution >= 4 is 11.6 Å². The summed E-state index contributed by atoms with van der Waals surface area (Å²) in [7, 11) is 0. The first-order valence-corrected chi connectivity index (χ1v) is 6.99. The Morgan fingerprint density at radius 3 is 2.32 bits per heavy atom. The monoisotopic (exact) mass is 266 g/mol. The number of aromatic nitrogens is 2. The Balaban J connectivity index is 3.06. The third kappa shape index (κ3) is 4.35. The molecule has 0 aliphatic rings. The molecule has 1 rings (SSSR count). The summed E-state index contributed by atoms with van der Waals surface area (Å²) in [6.07, 6.45) is 0.705. The summed E-state index contributed by atoms with van der Waals surface area (Å²) in [5.41, 5.74) is 1.02. The maximum Gasteiger partial charge on any atom is 0.135 e. The van der Waals surface area contributed by atoms with Crippen molar-refractivity contribution < 1.29 is 5.11 Å². The molecule has 1 aromatic heterocycles. The van der Waals surface area contributed by atoms with Crippen LogP contribution in [-0.4, -0.2) is 34.3 Å². The van der Waals surface area contributed by atoms with Gasteiger partial charge < -0.3 is 15.7 Å². The van der Waals surface area contributed by atoms with Crippen LogP contribution >= 0.6 is 0 Å². The first-order chi connectivity index (χ1) is 8.99. The molecule has 1 aromatic rings. The van der Waals surface area contributed by atoms with Crippen LogP contribution < -0.4 is 10.6 Å². The molecular formula is C14H26N4O. The van der Waals surface area contributed by atoms with Crippen molar-refractivity contribution in [3.63, 3.8) is 0 Å². The van der Waals surface area contributed by atoms with Crippen LogP contribution in [0.4, 0.5) is 11.6 Å². The molecule has 1 atom stereocenters. The van der Waals surface area contributed by atoms with E-state index < -0.39 is 0 Å². The molecule has 5 nitrogen and oxygen atoms in total. The summed E-state index contributed by atoms with van der Waals surface area (Å²) in [6.45, 7) is 11.3. The second-order valence-electron chi connectivity index (χ2n) is 5.15. The highest BCUT2D eigenvalue weighted by atomic mass is 16.3. The normalized spacial score (nSPS) is 12.6. The molecule has 0 amide bonds. The van der Waals surface area contributed by atoms with Crippen LogP contribution in [0.15, 0.2) is 0 Å². The van der Waals surface area contributed by atoms with E-state index in [2.05, 4.69) is 41.4 Å². The lowest BCUT2D eigenvalue weighted by molar-refractivity contribution is 0.282. The Labute approximate surface area is 115 Å². The fourth-order valence-corrected chi connectivity index (χ4v) is 1.77. The van der Waals surface area contributed by atoms with E-state index in [0.717, 1.165) is 29.6 Å². The minimum atomic E-state index is 0.176. The zero-order chi connectivity index (χ0) is 14.4. The van der Waals surface area contributed by atoms with Crippen molar-refractivity contribution in [1.82, 2.24) is 9.97 Å². The van der Waals surface area contributed by atoms with Crippen LogP contribution in [0.5, 0.6) is 0 Å². The average molecular weight is 266 g/mol. The van der Waals surface area contributed by atoms with E-state index in [4.69, 9.17) is 5.11 Å². The Morgan fingerprint density at radius 2 is 1.79 bits per heavy atom. The van der Waals surface area contributed by atoms with Crippen molar-refractivity contribution in [2.75, 3.05) is 23.8 Å². The van der Waals surface area contributed by atoms with E-state index in [9.17, 15) is 0 Å². The molecule has 108 valence electrons. The number of hydrogen-bond acceptors (Lipinski definition) is 5. The van der Waals surface area contributed by atoms with Gasteiger partial charge in [0.1, 0.15) is 17.5 Å². The van der Waals surface area contributed by atoms with Crippen LogP contribution in [-0.2, 0) is 0 Å². The highest BCUT2D eigenvalue weighted by Crippen LogP contribution is 2.23. The van der Waals surface area contributed by atoms with E-state index in [0.29, 0.717) is 6.42 Å². The highest BCUT2D eigenvalue weighted by Gasteiger charge is 2.14. The molecule has 3 N–H and O–H groups in total. The van der Waals surface area contributed by atoms with E-state index >= 15 is 0 Å². The van der Waals surface area contributed by atoms with Gasteiger partial charge in [0.25, 0.3) is 0 Å². The van der Waals surface area contributed by atoms with Gasteiger partial charge in [-0.25, -0.2) is 9.97 Å². The highest BCUT2D eigenvalue weighted by molar-refractivity contribution is 5.57. The molecule has 0 bridgehead atoms. The fourth-order valence-electron chi connectivity index (χ4n) is 1.77. The molecule has 19 heavy (non-hydrogen) atoms. The number of hydrogen-bond donors (Lipinski definition) is 3. The number of aliphatic hydroxyl groups is 1. The van der Waals surface area contributed by atoms with Gasteiger partial charge in [-0.2, -0.15) is 0 Å². The van der Waals surface area contributed by atoms with Crippen LogP contribution in [0.2, 0.25) is 0 Å². The van der Waals surface area contributed by atoms with E-state index in [1.165, 1.54) is 0 Å². The second-order valence-corrected chi connectivity index (χ2v) is 5.15. The van der Waals surface area contributed by atoms with Crippen molar-refractivity contribution in [3.8, 4) is 0 Å². The van der Waals surface area contributed by atoms with Gasteiger partial charge in [-0.1, -0.05) is 13.8 Å². The molecule has 1 unspecified atom stereocenters. The van der Waals surface area contributed by atoms with Crippen molar-refractivity contribution in [2.24, 2.45) is 0 Å². The molecular weight excluding hydrogens is 240 g/mol. The number of anilines is 2. The van der Waals surface area contributed by atoms with E-state index in [-0.39, 0.29) is 18.6 Å². The Bertz CT molecular complexity index is 407. The predicted molar refractivity (Wildman–Crippen MR) is 79.8 cm³/mol. The minimum absolute atomic E-state index is 0.176. The molecule has 5 heteroatoms. The lowest BCUT2D eigenvalue weighted by atomic mass is 10.2. The van der Waals surface area contributed by atoms with Gasteiger partial charge in [-0.15, -0.1) is 0 Å². The largest absolute Gasteiger partial charge is 0.396 e. The van der Waals surface area contributed by atoms with Crippen LogP contribution in [0.1, 0.15) is 51.4 Å². The lowest BCUT2D eigenvalue weighted by Crippen LogP contribution is -2.20. The van der Waals surface area contributed by atoms with Crippen molar-refractivity contribution in [2.45, 2.75) is 53.0 Å². The third-order valence-corrected chi connectivity index (χ3v) is 2.97. The fraction of sp³-hybridized carbons (Fsp3) is 0.714. The first kappa shape index (κ1) is 15.7. The van der Waals surface area contributed by atoms with Gasteiger partial charge in [0.2, 0.25) is 0 Å². The summed E-state index contributed by atoms with van der Waals surface area (Å²) in [4.78, 5) is 9.16. The molecule has 0 aromatic carbocycles. The standard InChI is InChI=1S/C14H26N4O/c1-6-15-13-11(5)14(16-10(4)7-8-19)18-12(17-13)9(2)3/h9-10,19H,6-8H2,1-5H3,(H2,15,16,17,18). The van der Waals surface area contributed by atoms with Gasteiger partial charge in [0, 0.05) is 30.7 Å². The van der Waals surface area contributed by atoms with Crippen molar-refractivity contribution in [3.05, 3.63) is 11.4 Å². The van der Waals surface area contributed by atoms with Gasteiger partial charge in [-0.05, 0) is 27.2 Å². The molecule has 0 radical (unpaired) electrons. The first-order valence-electron chi connectivity index (χ1n) is 6.99. The Morgan fingerprint density at radius 1 is 1.16 bits per heavy atom. The minimum Gasteiger partial charge on any atom is -0.396 e. The summed E-state index contributed by atoms with van der Waals surface area (Å²) in [6, 6.07) is 0.188. The third-order valence-electron chi connectivity index (χ3n) is 2.97. The number of aliphatic hydroxyl groups excluding tert-OH is 1. The quantitative estimate of drug-likeness (QED) is 0.707. The lowest BCUT2D eigenvalue weighted by Gasteiger charge is -2.19. The summed E-state index contributed by atoms with van der Waals surface area (Å²) in [5.74, 6) is 2.86. The van der Waals surface area contributed by atoms with E-state index in [1.54, 1.807) is 0 Å². The van der Waals surface area contributed by atoms with Gasteiger partial charge in [0.05, 0.1) is 0 Å². The second kappa shape index (κ2) is 7.28. The van der Waals surface area contributed by atoms with Crippen molar-refractivity contribution in [1.29, 1.82) is 0 Å². The number of nitrogens with zero attached hydrogens (tertiary/aromatic N) is 2. The molecule has 0 saturated carbocycles. The number of rotatable bonds is 7. The summed E-state index contributed by atoms with van der Waals surface area (Å²) in [5, 5.41) is 15.6. The van der Waals surface area contributed by atoms with Gasteiger partial charge >= 0.3 is 0 Å².